The Hall–Kier alpha value is -1.29. The minimum absolute atomic E-state index is 0.0429. The van der Waals surface area contributed by atoms with E-state index < -0.39 is 0 Å². The maximum Gasteiger partial charge on any atom is 0.285 e. The van der Waals surface area contributed by atoms with Gasteiger partial charge in [-0.05, 0) is 28.1 Å². The van der Waals surface area contributed by atoms with Crippen LogP contribution in [0.3, 0.4) is 0 Å². The lowest BCUT2D eigenvalue weighted by Crippen LogP contribution is -2.19. The summed E-state index contributed by atoms with van der Waals surface area (Å²) >= 11 is 3.21. The lowest BCUT2D eigenvalue weighted by Gasteiger charge is -2.05. The first-order chi connectivity index (χ1) is 6.70. The largest absolute Gasteiger partial charge is 0.287 e. The summed E-state index contributed by atoms with van der Waals surface area (Å²) in [7, 11) is 1.83. The van der Waals surface area contributed by atoms with Gasteiger partial charge in [0.05, 0.1) is 5.69 Å². The molecule has 0 radical (unpaired) electrons. The Morgan fingerprint density at radius 2 is 1.86 bits per heavy atom. The molecule has 0 saturated heterocycles. The van der Waals surface area contributed by atoms with Gasteiger partial charge in [-0.1, -0.05) is 18.2 Å². The summed E-state index contributed by atoms with van der Waals surface area (Å²) in [6, 6.07) is 9.53. The molecule has 0 fully saturated rings. The molecule has 1 aromatic carbocycles. The van der Waals surface area contributed by atoms with Gasteiger partial charge in [0, 0.05) is 13.2 Å². The molecule has 0 unspecified atom stereocenters. The van der Waals surface area contributed by atoms with E-state index in [-0.39, 0.29) is 5.56 Å². The van der Waals surface area contributed by atoms with Gasteiger partial charge in [0.2, 0.25) is 0 Å². The molecular weight excluding hydrogens is 244 g/mol. The summed E-state index contributed by atoms with van der Waals surface area (Å²) in [6.45, 7) is 0. The van der Waals surface area contributed by atoms with Gasteiger partial charge < -0.3 is 0 Å². The SMILES string of the molecule is Cn1cc(Br)c(=O)n1-c1ccccc1. The van der Waals surface area contributed by atoms with E-state index in [9.17, 15) is 4.79 Å². The van der Waals surface area contributed by atoms with Crippen molar-refractivity contribution in [2.45, 2.75) is 0 Å². The van der Waals surface area contributed by atoms with Crippen molar-refractivity contribution in [3.63, 3.8) is 0 Å². The molecule has 0 aliphatic heterocycles. The van der Waals surface area contributed by atoms with Gasteiger partial charge in [-0.3, -0.25) is 9.48 Å². The highest BCUT2D eigenvalue weighted by Crippen LogP contribution is 2.08. The summed E-state index contributed by atoms with van der Waals surface area (Å²) in [5, 5.41) is 0. The third-order valence-electron chi connectivity index (χ3n) is 2.01. The van der Waals surface area contributed by atoms with Gasteiger partial charge in [-0.2, -0.15) is 0 Å². The summed E-state index contributed by atoms with van der Waals surface area (Å²) < 4.78 is 3.93. The van der Waals surface area contributed by atoms with Crippen molar-refractivity contribution < 1.29 is 0 Å². The van der Waals surface area contributed by atoms with Crippen molar-refractivity contribution in [1.29, 1.82) is 0 Å². The fourth-order valence-corrected chi connectivity index (χ4v) is 1.85. The number of aromatic nitrogens is 2. The molecule has 0 N–H and O–H groups in total. The normalized spacial score (nSPS) is 10.4. The van der Waals surface area contributed by atoms with Crippen LogP contribution in [-0.2, 0) is 7.05 Å². The van der Waals surface area contributed by atoms with Crippen LogP contribution in [-0.4, -0.2) is 9.36 Å². The zero-order valence-corrected chi connectivity index (χ0v) is 9.23. The number of nitrogens with zero attached hydrogens (tertiary/aromatic N) is 2. The number of halogens is 1. The van der Waals surface area contributed by atoms with E-state index in [1.165, 1.54) is 0 Å². The molecule has 2 rings (SSSR count). The van der Waals surface area contributed by atoms with Crippen molar-refractivity contribution in [3.8, 4) is 5.69 Å². The van der Waals surface area contributed by atoms with Gasteiger partial charge in [-0.15, -0.1) is 0 Å². The van der Waals surface area contributed by atoms with Crippen LogP contribution < -0.4 is 5.56 Å². The number of rotatable bonds is 1. The fraction of sp³-hybridized carbons (Fsp3) is 0.100. The standard InChI is InChI=1S/C10H9BrN2O/c1-12-7-9(11)10(14)13(12)8-5-3-2-4-6-8/h2-7H,1H3. The van der Waals surface area contributed by atoms with Crippen molar-refractivity contribution in [3.05, 3.63) is 51.4 Å². The smallest absolute Gasteiger partial charge is 0.285 e. The molecule has 72 valence electrons. The number of benzene rings is 1. The van der Waals surface area contributed by atoms with E-state index in [0.29, 0.717) is 4.47 Å². The number of aryl methyl sites for hydroxylation is 1. The van der Waals surface area contributed by atoms with Crippen LogP contribution in [0.25, 0.3) is 5.69 Å². The molecule has 1 heterocycles. The van der Waals surface area contributed by atoms with Gasteiger partial charge >= 0.3 is 0 Å². The van der Waals surface area contributed by atoms with E-state index in [2.05, 4.69) is 15.9 Å². The molecule has 0 aliphatic carbocycles. The van der Waals surface area contributed by atoms with Crippen molar-refractivity contribution >= 4 is 15.9 Å². The predicted molar refractivity (Wildman–Crippen MR) is 58.7 cm³/mol. The Labute approximate surface area is 89.7 Å². The quantitative estimate of drug-likeness (QED) is 0.762. The van der Waals surface area contributed by atoms with Gasteiger partial charge in [0.25, 0.3) is 5.56 Å². The Kier molecular flexibility index (Phi) is 2.29. The fourth-order valence-electron chi connectivity index (χ4n) is 1.39. The molecule has 14 heavy (non-hydrogen) atoms. The van der Waals surface area contributed by atoms with Crippen LogP contribution in [0.2, 0.25) is 0 Å². The van der Waals surface area contributed by atoms with Crippen LogP contribution >= 0.6 is 15.9 Å². The molecule has 0 spiro atoms. The lowest BCUT2D eigenvalue weighted by atomic mass is 10.3. The Morgan fingerprint density at radius 1 is 1.21 bits per heavy atom. The number of hydrogen-bond acceptors (Lipinski definition) is 1. The van der Waals surface area contributed by atoms with E-state index in [4.69, 9.17) is 0 Å². The first-order valence-corrected chi connectivity index (χ1v) is 4.99. The van der Waals surface area contributed by atoms with Crippen molar-refractivity contribution in [1.82, 2.24) is 9.36 Å². The third-order valence-corrected chi connectivity index (χ3v) is 2.56. The number of para-hydroxylation sites is 1. The molecular formula is C10H9BrN2O. The highest BCUT2D eigenvalue weighted by molar-refractivity contribution is 9.10. The molecule has 3 nitrogen and oxygen atoms in total. The lowest BCUT2D eigenvalue weighted by molar-refractivity contribution is 0.646. The molecule has 0 bridgehead atoms. The molecule has 0 atom stereocenters. The summed E-state index contributed by atoms with van der Waals surface area (Å²) in [6.07, 6.45) is 1.75. The van der Waals surface area contributed by atoms with Crippen LogP contribution in [0.4, 0.5) is 0 Å². The second-order valence-corrected chi connectivity index (χ2v) is 3.86. The van der Waals surface area contributed by atoms with E-state index in [0.717, 1.165) is 5.69 Å². The molecule has 4 heteroatoms. The minimum atomic E-state index is -0.0429. The predicted octanol–water partition coefficient (Wildman–Crippen LogP) is 1.94. The maximum atomic E-state index is 11.7. The summed E-state index contributed by atoms with van der Waals surface area (Å²) in [5.41, 5.74) is 0.824. The maximum absolute atomic E-state index is 11.7. The average molecular weight is 253 g/mol. The first kappa shape index (κ1) is 9.27. The average Bonchev–Trinajstić information content (AvgIpc) is 2.43. The summed E-state index contributed by atoms with van der Waals surface area (Å²) in [5.74, 6) is 0. The van der Waals surface area contributed by atoms with E-state index in [1.54, 1.807) is 15.6 Å². The van der Waals surface area contributed by atoms with Gasteiger partial charge in [-0.25, -0.2) is 4.68 Å². The van der Waals surface area contributed by atoms with E-state index >= 15 is 0 Å². The Morgan fingerprint density at radius 3 is 2.36 bits per heavy atom. The molecule has 0 saturated carbocycles. The zero-order valence-electron chi connectivity index (χ0n) is 7.64. The molecule has 0 aliphatic rings. The van der Waals surface area contributed by atoms with Crippen LogP contribution in [0.1, 0.15) is 0 Å². The number of hydrogen-bond donors (Lipinski definition) is 0. The summed E-state index contributed by atoms with van der Waals surface area (Å²) in [4.78, 5) is 11.7. The highest BCUT2D eigenvalue weighted by atomic mass is 79.9. The molecule has 1 aromatic heterocycles. The Bertz CT molecular complexity index is 499. The van der Waals surface area contributed by atoms with Crippen LogP contribution in [0.15, 0.2) is 45.8 Å². The van der Waals surface area contributed by atoms with Crippen LogP contribution in [0, 0.1) is 0 Å². The third kappa shape index (κ3) is 1.42. The van der Waals surface area contributed by atoms with E-state index in [1.807, 2.05) is 37.4 Å². The first-order valence-electron chi connectivity index (χ1n) is 4.20. The van der Waals surface area contributed by atoms with Gasteiger partial charge in [0.1, 0.15) is 4.47 Å². The van der Waals surface area contributed by atoms with Crippen molar-refractivity contribution in [2.75, 3.05) is 0 Å². The Balaban J connectivity index is 2.69. The topological polar surface area (TPSA) is 26.9 Å². The second-order valence-electron chi connectivity index (χ2n) is 3.00. The van der Waals surface area contributed by atoms with Crippen LogP contribution in [0.5, 0.6) is 0 Å². The monoisotopic (exact) mass is 252 g/mol. The second kappa shape index (κ2) is 3.46. The minimum Gasteiger partial charge on any atom is -0.287 e. The van der Waals surface area contributed by atoms with Gasteiger partial charge in [0.15, 0.2) is 0 Å². The molecule has 2 aromatic rings. The molecule has 0 amide bonds. The zero-order chi connectivity index (χ0) is 10.1. The van der Waals surface area contributed by atoms with Crippen molar-refractivity contribution in [2.24, 2.45) is 7.05 Å². The highest BCUT2D eigenvalue weighted by Gasteiger charge is 2.07.